The van der Waals surface area contributed by atoms with Gasteiger partial charge in [-0.25, -0.2) is 0 Å². The zero-order valence-corrected chi connectivity index (χ0v) is 15.4. The number of methoxy groups -OCH3 is 2. The van der Waals surface area contributed by atoms with E-state index >= 15 is 0 Å². The molecule has 138 valence electrons. The lowest BCUT2D eigenvalue weighted by Gasteiger charge is -2.20. The van der Waals surface area contributed by atoms with E-state index in [1.807, 2.05) is 54.6 Å². The van der Waals surface area contributed by atoms with E-state index in [1.165, 1.54) is 0 Å². The number of hydrogen-bond donors (Lipinski definition) is 1. The van der Waals surface area contributed by atoms with Gasteiger partial charge >= 0.3 is 0 Å². The average molecular weight is 362 g/mol. The summed E-state index contributed by atoms with van der Waals surface area (Å²) in [5.41, 5.74) is 2.79. The molecule has 0 saturated carbocycles. The topological polar surface area (TPSA) is 60.5 Å². The number of amides is 1. The van der Waals surface area contributed by atoms with Gasteiger partial charge in [0, 0.05) is 12.4 Å². The van der Waals surface area contributed by atoms with Gasteiger partial charge in [0.05, 0.1) is 26.7 Å². The molecule has 1 heterocycles. The van der Waals surface area contributed by atoms with Crippen molar-refractivity contribution in [3.63, 3.8) is 0 Å². The maximum absolute atomic E-state index is 12.7. The highest BCUT2D eigenvalue weighted by Crippen LogP contribution is 2.28. The lowest BCUT2D eigenvalue weighted by Crippen LogP contribution is -2.30. The minimum absolute atomic E-state index is 0.0834. The van der Waals surface area contributed by atoms with Gasteiger partial charge in [-0.3, -0.25) is 9.78 Å². The standard InChI is InChI=1S/C22H22N2O3/c1-26-19-11-10-16(13-20(19)27-2)14-21(25)24-22(17-7-4-3-5-8-17)18-9-6-12-23-15-18/h3-13,15,22H,14H2,1-2H3,(H,24,25)/t22-/m1/s1. The molecule has 2 aromatic carbocycles. The fourth-order valence-electron chi connectivity index (χ4n) is 2.94. The van der Waals surface area contributed by atoms with E-state index in [-0.39, 0.29) is 18.4 Å². The van der Waals surface area contributed by atoms with Gasteiger partial charge in [0.15, 0.2) is 11.5 Å². The Labute approximate surface area is 159 Å². The Kier molecular flexibility index (Phi) is 6.05. The number of nitrogens with zero attached hydrogens (tertiary/aromatic N) is 1. The van der Waals surface area contributed by atoms with Gasteiger partial charge in [0.2, 0.25) is 5.91 Å². The van der Waals surface area contributed by atoms with Crippen LogP contribution in [0, 0.1) is 0 Å². The van der Waals surface area contributed by atoms with Crippen LogP contribution in [0.5, 0.6) is 11.5 Å². The molecular formula is C22H22N2O3. The van der Waals surface area contributed by atoms with Gasteiger partial charge in [-0.2, -0.15) is 0 Å². The lowest BCUT2D eigenvalue weighted by molar-refractivity contribution is -0.120. The van der Waals surface area contributed by atoms with Crippen molar-refractivity contribution in [2.24, 2.45) is 0 Å². The van der Waals surface area contributed by atoms with Crippen molar-refractivity contribution in [1.82, 2.24) is 10.3 Å². The second kappa shape index (κ2) is 8.85. The van der Waals surface area contributed by atoms with Crippen molar-refractivity contribution in [2.75, 3.05) is 14.2 Å². The SMILES string of the molecule is COc1ccc(CC(=O)N[C@H](c2ccccc2)c2cccnc2)cc1OC. The largest absolute Gasteiger partial charge is 0.493 e. The van der Waals surface area contributed by atoms with Gasteiger partial charge < -0.3 is 14.8 Å². The van der Waals surface area contributed by atoms with Crippen molar-refractivity contribution in [2.45, 2.75) is 12.5 Å². The number of benzene rings is 2. The Morgan fingerprint density at radius 1 is 0.963 bits per heavy atom. The van der Waals surface area contributed by atoms with Gasteiger partial charge in [-0.1, -0.05) is 42.5 Å². The molecule has 1 N–H and O–H groups in total. The molecule has 1 aromatic heterocycles. The predicted molar refractivity (Wildman–Crippen MR) is 104 cm³/mol. The van der Waals surface area contributed by atoms with Crippen molar-refractivity contribution >= 4 is 5.91 Å². The summed E-state index contributed by atoms with van der Waals surface area (Å²) in [5, 5.41) is 3.11. The molecule has 0 saturated heterocycles. The molecule has 0 aliphatic heterocycles. The molecule has 3 rings (SSSR count). The van der Waals surface area contributed by atoms with Crippen LogP contribution in [-0.2, 0) is 11.2 Å². The molecule has 5 heteroatoms. The summed E-state index contributed by atoms with van der Waals surface area (Å²) in [6, 6.07) is 18.9. The van der Waals surface area contributed by atoms with Crippen LogP contribution in [0.2, 0.25) is 0 Å². The molecule has 3 aromatic rings. The molecule has 0 bridgehead atoms. The number of rotatable bonds is 7. The molecular weight excluding hydrogens is 340 g/mol. The van der Waals surface area contributed by atoms with Gasteiger partial charge in [0.25, 0.3) is 0 Å². The summed E-state index contributed by atoms with van der Waals surface area (Å²) in [6.07, 6.45) is 3.73. The first-order valence-corrected chi connectivity index (χ1v) is 8.66. The Bertz CT molecular complexity index is 843. The first-order chi connectivity index (χ1) is 13.2. The summed E-state index contributed by atoms with van der Waals surface area (Å²) in [5.74, 6) is 1.16. The number of carbonyl (C=O) groups is 1. The Hall–Kier alpha value is -3.34. The van der Waals surface area contributed by atoms with Crippen LogP contribution in [0.3, 0.4) is 0 Å². The molecule has 1 atom stereocenters. The monoisotopic (exact) mass is 362 g/mol. The predicted octanol–water partition coefficient (Wildman–Crippen LogP) is 3.55. The summed E-state index contributed by atoms with van der Waals surface area (Å²) in [4.78, 5) is 16.9. The molecule has 0 radical (unpaired) electrons. The quantitative estimate of drug-likeness (QED) is 0.698. The second-order valence-electron chi connectivity index (χ2n) is 6.06. The highest BCUT2D eigenvalue weighted by molar-refractivity contribution is 5.79. The maximum atomic E-state index is 12.7. The van der Waals surface area contributed by atoms with Crippen molar-refractivity contribution in [3.05, 3.63) is 89.7 Å². The maximum Gasteiger partial charge on any atom is 0.225 e. The normalized spacial score (nSPS) is 11.5. The molecule has 5 nitrogen and oxygen atoms in total. The van der Waals surface area contributed by atoms with Crippen LogP contribution >= 0.6 is 0 Å². The average Bonchev–Trinajstić information content (AvgIpc) is 2.73. The van der Waals surface area contributed by atoms with E-state index in [1.54, 1.807) is 32.7 Å². The third-order valence-electron chi connectivity index (χ3n) is 4.27. The van der Waals surface area contributed by atoms with Gasteiger partial charge in [-0.15, -0.1) is 0 Å². The van der Waals surface area contributed by atoms with Crippen LogP contribution in [-0.4, -0.2) is 25.1 Å². The Morgan fingerprint density at radius 3 is 2.37 bits per heavy atom. The van der Waals surface area contributed by atoms with E-state index in [0.717, 1.165) is 16.7 Å². The van der Waals surface area contributed by atoms with Crippen LogP contribution in [0.4, 0.5) is 0 Å². The molecule has 0 fully saturated rings. The fraction of sp³-hybridized carbons (Fsp3) is 0.182. The minimum atomic E-state index is -0.257. The number of hydrogen-bond acceptors (Lipinski definition) is 4. The zero-order valence-electron chi connectivity index (χ0n) is 15.4. The van der Waals surface area contributed by atoms with Crippen LogP contribution < -0.4 is 14.8 Å². The Balaban J connectivity index is 1.79. The van der Waals surface area contributed by atoms with Crippen molar-refractivity contribution in [1.29, 1.82) is 0 Å². The second-order valence-corrected chi connectivity index (χ2v) is 6.06. The highest BCUT2D eigenvalue weighted by Gasteiger charge is 2.17. The molecule has 0 spiro atoms. The van der Waals surface area contributed by atoms with E-state index in [4.69, 9.17) is 9.47 Å². The van der Waals surface area contributed by atoms with Crippen LogP contribution in [0.25, 0.3) is 0 Å². The summed E-state index contributed by atoms with van der Waals surface area (Å²) >= 11 is 0. The first kappa shape index (κ1) is 18.5. The summed E-state index contributed by atoms with van der Waals surface area (Å²) in [7, 11) is 3.16. The van der Waals surface area contributed by atoms with Gasteiger partial charge in [-0.05, 0) is 34.9 Å². The van der Waals surface area contributed by atoms with Crippen molar-refractivity contribution in [3.8, 4) is 11.5 Å². The lowest BCUT2D eigenvalue weighted by atomic mass is 9.99. The molecule has 27 heavy (non-hydrogen) atoms. The number of carbonyl (C=O) groups excluding carboxylic acids is 1. The van der Waals surface area contributed by atoms with E-state index in [2.05, 4.69) is 10.3 Å². The fourth-order valence-corrected chi connectivity index (χ4v) is 2.94. The molecule has 0 aliphatic carbocycles. The number of ether oxygens (including phenoxy) is 2. The van der Waals surface area contributed by atoms with E-state index < -0.39 is 0 Å². The molecule has 1 amide bonds. The molecule has 0 unspecified atom stereocenters. The minimum Gasteiger partial charge on any atom is -0.493 e. The van der Waals surface area contributed by atoms with E-state index in [9.17, 15) is 4.79 Å². The van der Waals surface area contributed by atoms with Crippen LogP contribution in [0.1, 0.15) is 22.7 Å². The number of nitrogens with one attached hydrogen (secondary N) is 1. The van der Waals surface area contributed by atoms with Crippen molar-refractivity contribution < 1.29 is 14.3 Å². The highest BCUT2D eigenvalue weighted by atomic mass is 16.5. The summed E-state index contributed by atoms with van der Waals surface area (Å²) in [6.45, 7) is 0. The molecule has 0 aliphatic rings. The van der Waals surface area contributed by atoms with Crippen LogP contribution in [0.15, 0.2) is 73.1 Å². The van der Waals surface area contributed by atoms with Gasteiger partial charge in [0.1, 0.15) is 0 Å². The Morgan fingerprint density at radius 2 is 1.70 bits per heavy atom. The van der Waals surface area contributed by atoms with E-state index in [0.29, 0.717) is 11.5 Å². The number of aromatic nitrogens is 1. The third-order valence-corrected chi connectivity index (χ3v) is 4.27. The first-order valence-electron chi connectivity index (χ1n) is 8.66. The smallest absolute Gasteiger partial charge is 0.225 e. The number of pyridine rings is 1. The zero-order chi connectivity index (χ0) is 19.1. The third kappa shape index (κ3) is 4.64. The summed E-state index contributed by atoms with van der Waals surface area (Å²) < 4.78 is 10.6.